The van der Waals surface area contributed by atoms with Crippen molar-refractivity contribution in [2.24, 2.45) is 5.73 Å². The molecule has 0 radical (unpaired) electrons. The molecule has 0 bridgehead atoms. The van der Waals surface area contributed by atoms with E-state index in [1.165, 1.54) is 12.1 Å². The van der Waals surface area contributed by atoms with E-state index in [1.807, 2.05) is 0 Å². The molecule has 1 aromatic heterocycles. The normalized spacial score (nSPS) is 12.9. The van der Waals surface area contributed by atoms with E-state index < -0.39 is 12.0 Å². The van der Waals surface area contributed by atoms with Crippen molar-refractivity contribution in [1.29, 1.82) is 0 Å². The molecule has 0 saturated heterocycles. The summed E-state index contributed by atoms with van der Waals surface area (Å²) in [6.07, 6.45) is 1.75. The van der Waals surface area contributed by atoms with Crippen molar-refractivity contribution < 1.29 is 14.3 Å². The van der Waals surface area contributed by atoms with E-state index in [0.29, 0.717) is 10.9 Å². The van der Waals surface area contributed by atoms with Crippen LogP contribution in [-0.2, 0) is 11.2 Å². The zero-order valence-corrected chi connectivity index (χ0v) is 8.37. The highest BCUT2D eigenvalue weighted by atomic mass is 19.1. The Labute approximate surface area is 90.9 Å². The van der Waals surface area contributed by atoms with Crippen LogP contribution in [0.2, 0.25) is 0 Å². The van der Waals surface area contributed by atoms with Crippen LogP contribution in [0.1, 0.15) is 5.56 Å². The summed E-state index contributed by atoms with van der Waals surface area (Å²) < 4.78 is 13.0. The van der Waals surface area contributed by atoms with Gasteiger partial charge in [0.25, 0.3) is 0 Å². The van der Waals surface area contributed by atoms with Crippen molar-refractivity contribution in [3.63, 3.8) is 0 Å². The molecule has 0 unspecified atom stereocenters. The number of benzene rings is 1. The van der Waals surface area contributed by atoms with E-state index in [2.05, 4.69) is 4.98 Å². The number of fused-ring (bicyclic) bond motifs is 1. The second-order valence-electron chi connectivity index (χ2n) is 3.63. The van der Waals surface area contributed by atoms with Crippen LogP contribution in [0.4, 0.5) is 4.39 Å². The standard InChI is InChI=1S/C11H11FN2O2/c12-7-1-2-10-8(4-7)6(5-14-10)3-9(13)11(15)16/h1-2,4-5,9,14H,3,13H2,(H,15,16)/p-1/t9-/m0/s1. The smallest absolute Gasteiger partial charge is 0.123 e. The van der Waals surface area contributed by atoms with Gasteiger partial charge < -0.3 is 20.6 Å². The van der Waals surface area contributed by atoms with E-state index in [4.69, 9.17) is 5.73 Å². The van der Waals surface area contributed by atoms with Crippen molar-refractivity contribution in [1.82, 2.24) is 4.98 Å². The zero-order valence-electron chi connectivity index (χ0n) is 8.37. The lowest BCUT2D eigenvalue weighted by molar-refractivity contribution is -0.307. The Kier molecular flexibility index (Phi) is 2.62. The number of hydrogen-bond donors (Lipinski definition) is 2. The molecule has 2 aromatic rings. The first kappa shape index (κ1) is 10.6. The molecule has 0 saturated carbocycles. The third kappa shape index (κ3) is 1.90. The highest BCUT2D eigenvalue weighted by Crippen LogP contribution is 2.20. The van der Waals surface area contributed by atoms with Crippen LogP contribution in [0.3, 0.4) is 0 Å². The van der Waals surface area contributed by atoms with Gasteiger partial charge >= 0.3 is 0 Å². The maximum atomic E-state index is 13.0. The molecule has 1 atom stereocenters. The van der Waals surface area contributed by atoms with E-state index in [0.717, 1.165) is 5.52 Å². The van der Waals surface area contributed by atoms with Gasteiger partial charge in [-0.15, -0.1) is 0 Å². The summed E-state index contributed by atoms with van der Waals surface area (Å²) in [5, 5.41) is 11.2. The van der Waals surface area contributed by atoms with Crippen LogP contribution in [0.25, 0.3) is 10.9 Å². The number of carboxylic acids is 1. The second kappa shape index (κ2) is 3.94. The lowest BCUT2D eigenvalue weighted by Gasteiger charge is -2.11. The molecule has 0 aliphatic carbocycles. The Morgan fingerprint density at radius 1 is 1.56 bits per heavy atom. The van der Waals surface area contributed by atoms with Gasteiger partial charge in [-0.2, -0.15) is 0 Å². The van der Waals surface area contributed by atoms with Gasteiger partial charge in [0, 0.05) is 23.1 Å². The fourth-order valence-corrected chi connectivity index (χ4v) is 1.64. The van der Waals surface area contributed by atoms with E-state index >= 15 is 0 Å². The van der Waals surface area contributed by atoms with E-state index in [-0.39, 0.29) is 12.2 Å². The van der Waals surface area contributed by atoms with Crippen LogP contribution in [-0.4, -0.2) is 17.0 Å². The summed E-state index contributed by atoms with van der Waals surface area (Å²) in [4.78, 5) is 13.4. The summed E-state index contributed by atoms with van der Waals surface area (Å²) in [7, 11) is 0. The van der Waals surface area contributed by atoms with E-state index in [9.17, 15) is 14.3 Å². The Morgan fingerprint density at radius 3 is 3.00 bits per heavy atom. The van der Waals surface area contributed by atoms with Crippen LogP contribution in [0.5, 0.6) is 0 Å². The second-order valence-corrected chi connectivity index (χ2v) is 3.63. The number of carbonyl (C=O) groups is 1. The third-order valence-corrected chi connectivity index (χ3v) is 2.47. The number of H-pyrrole nitrogens is 1. The van der Waals surface area contributed by atoms with Crippen molar-refractivity contribution in [3.05, 3.63) is 35.8 Å². The van der Waals surface area contributed by atoms with Crippen LogP contribution < -0.4 is 10.8 Å². The van der Waals surface area contributed by atoms with Crippen LogP contribution >= 0.6 is 0 Å². The molecule has 84 valence electrons. The van der Waals surface area contributed by atoms with Gasteiger partial charge in [-0.3, -0.25) is 0 Å². The van der Waals surface area contributed by atoms with Crippen molar-refractivity contribution in [2.45, 2.75) is 12.5 Å². The van der Waals surface area contributed by atoms with Crippen LogP contribution in [0.15, 0.2) is 24.4 Å². The third-order valence-electron chi connectivity index (χ3n) is 2.47. The first-order valence-corrected chi connectivity index (χ1v) is 4.80. The Bertz CT molecular complexity index is 536. The Balaban J connectivity index is 2.37. The average molecular weight is 221 g/mol. The molecule has 1 aromatic carbocycles. The molecule has 0 amide bonds. The summed E-state index contributed by atoms with van der Waals surface area (Å²) in [5.41, 5.74) is 6.79. The number of nitrogens with one attached hydrogen (secondary N) is 1. The summed E-state index contributed by atoms with van der Waals surface area (Å²) in [6.45, 7) is 0. The van der Waals surface area contributed by atoms with Crippen molar-refractivity contribution in [3.8, 4) is 0 Å². The molecule has 0 fully saturated rings. The van der Waals surface area contributed by atoms with Crippen molar-refractivity contribution >= 4 is 16.9 Å². The predicted molar refractivity (Wildman–Crippen MR) is 54.9 cm³/mol. The van der Waals surface area contributed by atoms with Crippen molar-refractivity contribution in [2.75, 3.05) is 0 Å². The van der Waals surface area contributed by atoms with Gasteiger partial charge in [0.05, 0.1) is 5.97 Å². The number of aromatic nitrogens is 1. The highest BCUT2D eigenvalue weighted by molar-refractivity contribution is 5.84. The van der Waals surface area contributed by atoms with Gasteiger partial charge in [0.2, 0.25) is 0 Å². The fraction of sp³-hybridized carbons (Fsp3) is 0.182. The number of rotatable bonds is 3. The number of halogens is 1. The quantitative estimate of drug-likeness (QED) is 0.761. The molecule has 5 heteroatoms. The minimum absolute atomic E-state index is 0.117. The molecule has 4 nitrogen and oxygen atoms in total. The minimum Gasteiger partial charge on any atom is -0.548 e. The highest BCUT2D eigenvalue weighted by Gasteiger charge is 2.10. The lowest BCUT2D eigenvalue weighted by Crippen LogP contribution is -2.43. The van der Waals surface area contributed by atoms with Gasteiger partial charge in [0.1, 0.15) is 5.82 Å². The average Bonchev–Trinajstić information content (AvgIpc) is 2.61. The summed E-state index contributed by atoms with van der Waals surface area (Å²) in [6, 6.07) is 3.20. The fourth-order valence-electron chi connectivity index (χ4n) is 1.64. The largest absolute Gasteiger partial charge is 0.548 e. The molecule has 1 heterocycles. The number of nitrogens with two attached hydrogens (primary N) is 1. The maximum absolute atomic E-state index is 13.0. The molecule has 3 N–H and O–H groups in total. The Morgan fingerprint density at radius 2 is 2.31 bits per heavy atom. The van der Waals surface area contributed by atoms with Crippen LogP contribution in [0, 0.1) is 5.82 Å². The number of hydrogen-bond acceptors (Lipinski definition) is 3. The molecule has 0 aliphatic heterocycles. The molecule has 0 aliphatic rings. The predicted octanol–water partition coefficient (Wildman–Crippen LogP) is -0.0733. The zero-order chi connectivity index (χ0) is 11.7. The van der Waals surface area contributed by atoms with E-state index in [1.54, 1.807) is 12.3 Å². The first-order valence-electron chi connectivity index (χ1n) is 4.80. The number of aromatic amines is 1. The molecular weight excluding hydrogens is 211 g/mol. The lowest BCUT2D eigenvalue weighted by atomic mass is 10.1. The minimum atomic E-state index is -1.31. The SMILES string of the molecule is N[C@@H](Cc1c[nH]c2ccc(F)cc12)C(=O)[O-]. The van der Waals surface area contributed by atoms with Gasteiger partial charge in [-0.1, -0.05) is 0 Å². The molecule has 16 heavy (non-hydrogen) atoms. The number of carbonyl (C=O) groups excluding carboxylic acids is 1. The topological polar surface area (TPSA) is 81.9 Å². The number of carboxylic acid groups (broad SMARTS) is 1. The van der Waals surface area contributed by atoms with Gasteiger partial charge in [-0.05, 0) is 30.2 Å². The maximum Gasteiger partial charge on any atom is 0.123 e. The Hall–Kier alpha value is -1.88. The van der Waals surface area contributed by atoms with Gasteiger partial charge in [0.15, 0.2) is 0 Å². The molecule has 0 spiro atoms. The summed E-state index contributed by atoms with van der Waals surface area (Å²) >= 11 is 0. The number of aliphatic carboxylic acids is 1. The monoisotopic (exact) mass is 221 g/mol. The molecule has 2 rings (SSSR count). The summed E-state index contributed by atoms with van der Waals surface area (Å²) in [5.74, 6) is -1.68. The van der Waals surface area contributed by atoms with Gasteiger partial charge in [-0.25, -0.2) is 4.39 Å². The molecular formula is C11H10FN2O2-. The first-order chi connectivity index (χ1) is 7.58.